The number of alkyl halides is 3. The number of halogens is 3. The molecule has 2 aromatic carbocycles. The molecule has 162 valence electrons. The lowest BCUT2D eigenvalue weighted by molar-refractivity contribution is -0.137. The fourth-order valence-corrected chi connectivity index (χ4v) is 3.51. The predicted octanol–water partition coefficient (Wildman–Crippen LogP) is 5.21. The van der Waals surface area contributed by atoms with Crippen molar-refractivity contribution in [1.82, 2.24) is 0 Å². The number of anilines is 2. The van der Waals surface area contributed by atoms with Crippen LogP contribution in [-0.2, 0) is 6.18 Å². The average molecular weight is 422 g/mol. The number of hydrogen-bond donors (Lipinski definition) is 1. The Morgan fingerprint density at radius 3 is 2.30 bits per heavy atom. The van der Waals surface area contributed by atoms with Gasteiger partial charge in [-0.15, -0.1) is 0 Å². The number of carbonyl (C=O) groups is 1. The zero-order chi connectivity index (χ0) is 21.9. The maximum Gasteiger partial charge on any atom is 0.416 e. The molecule has 3 rings (SSSR count). The molecule has 1 saturated heterocycles. The summed E-state index contributed by atoms with van der Waals surface area (Å²) < 4.78 is 50.2. The minimum Gasteiger partial charge on any atom is -0.493 e. The van der Waals surface area contributed by atoms with Gasteiger partial charge in [0.1, 0.15) is 0 Å². The number of nitrogens with zero attached hydrogens (tertiary/aromatic N) is 1. The van der Waals surface area contributed by atoms with Crippen LogP contribution in [-0.4, -0.2) is 33.2 Å². The third-order valence-electron chi connectivity index (χ3n) is 5.34. The maximum absolute atomic E-state index is 13.3. The number of amides is 1. The summed E-state index contributed by atoms with van der Waals surface area (Å²) in [6.45, 7) is 3.61. The first-order chi connectivity index (χ1) is 14.2. The first-order valence-corrected chi connectivity index (χ1v) is 9.72. The van der Waals surface area contributed by atoms with Crippen molar-refractivity contribution in [3.05, 3.63) is 47.5 Å². The van der Waals surface area contributed by atoms with Crippen LogP contribution in [0.15, 0.2) is 36.4 Å². The molecule has 0 unspecified atom stereocenters. The summed E-state index contributed by atoms with van der Waals surface area (Å²) in [5.74, 6) is 0.859. The molecule has 1 fully saturated rings. The highest BCUT2D eigenvalue weighted by molar-refractivity contribution is 6.06. The van der Waals surface area contributed by atoms with E-state index in [2.05, 4.69) is 12.2 Å². The fraction of sp³-hybridized carbons (Fsp3) is 0.409. The Labute approximate surface area is 173 Å². The van der Waals surface area contributed by atoms with E-state index < -0.39 is 17.6 Å². The van der Waals surface area contributed by atoms with Crippen LogP contribution in [0.25, 0.3) is 0 Å². The maximum atomic E-state index is 13.3. The van der Waals surface area contributed by atoms with Gasteiger partial charge in [0, 0.05) is 18.7 Å². The van der Waals surface area contributed by atoms with Gasteiger partial charge in [-0.05, 0) is 55.2 Å². The van der Waals surface area contributed by atoms with Crippen LogP contribution in [0.1, 0.15) is 35.7 Å². The molecule has 1 aliphatic rings. The Balaban J connectivity index is 1.93. The van der Waals surface area contributed by atoms with Crippen molar-refractivity contribution in [1.29, 1.82) is 0 Å². The molecule has 0 aliphatic carbocycles. The second kappa shape index (κ2) is 8.85. The predicted molar refractivity (Wildman–Crippen MR) is 110 cm³/mol. The minimum absolute atomic E-state index is 0.138. The Bertz CT molecular complexity index is 907. The SMILES string of the molecule is COc1ccc(C(=O)Nc2cc(C(F)(F)F)ccc2N2CCC(C)CC2)cc1OC. The Morgan fingerprint density at radius 2 is 1.70 bits per heavy atom. The van der Waals surface area contributed by atoms with Gasteiger partial charge < -0.3 is 19.7 Å². The third kappa shape index (κ3) is 4.80. The first kappa shape index (κ1) is 21.8. The van der Waals surface area contributed by atoms with Crippen molar-refractivity contribution in [3.63, 3.8) is 0 Å². The van der Waals surface area contributed by atoms with Gasteiger partial charge in [-0.2, -0.15) is 13.2 Å². The topological polar surface area (TPSA) is 50.8 Å². The molecule has 1 amide bonds. The summed E-state index contributed by atoms with van der Waals surface area (Å²) in [6, 6.07) is 8.08. The number of benzene rings is 2. The normalized spacial score (nSPS) is 15.1. The number of hydrogen-bond acceptors (Lipinski definition) is 4. The minimum atomic E-state index is -4.50. The van der Waals surface area contributed by atoms with Crippen molar-refractivity contribution >= 4 is 17.3 Å². The zero-order valence-electron chi connectivity index (χ0n) is 17.2. The van der Waals surface area contributed by atoms with Crippen molar-refractivity contribution < 1.29 is 27.4 Å². The molecule has 0 saturated carbocycles. The van der Waals surface area contributed by atoms with Gasteiger partial charge in [-0.1, -0.05) is 6.92 Å². The second-order valence-corrected chi connectivity index (χ2v) is 7.42. The van der Waals surface area contributed by atoms with Crippen molar-refractivity contribution in [3.8, 4) is 11.5 Å². The van der Waals surface area contributed by atoms with Crippen molar-refractivity contribution in [2.75, 3.05) is 37.5 Å². The zero-order valence-corrected chi connectivity index (χ0v) is 17.2. The van der Waals surface area contributed by atoms with Gasteiger partial charge in [0.2, 0.25) is 0 Å². The number of carbonyl (C=O) groups excluding carboxylic acids is 1. The largest absolute Gasteiger partial charge is 0.493 e. The molecule has 1 heterocycles. The number of rotatable bonds is 5. The standard InChI is InChI=1S/C22H25F3N2O3/c1-14-8-10-27(11-9-14)18-6-5-16(22(23,24)25)13-17(18)26-21(28)15-4-7-19(29-2)20(12-15)30-3/h4-7,12-14H,8-11H2,1-3H3,(H,26,28). The van der Waals surface area contributed by atoms with Crippen LogP contribution in [0.3, 0.4) is 0 Å². The summed E-state index contributed by atoms with van der Waals surface area (Å²) in [5, 5.41) is 2.66. The van der Waals surface area contributed by atoms with Gasteiger partial charge in [-0.25, -0.2) is 0 Å². The van der Waals surface area contributed by atoms with E-state index in [-0.39, 0.29) is 11.3 Å². The highest BCUT2D eigenvalue weighted by Crippen LogP contribution is 2.37. The van der Waals surface area contributed by atoms with Gasteiger partial charge >= 0.3 is 6.18 Å². The van der Waals surface area contributed by atoms with Crippen molar-refractivity contribution in [2.24, 2.45) is 5.92 Å². The molecular formula is C22H25F3N2O3. The van der Waals surface area contributed by atoms with E-state index in [4.69, 9.17) is 9.47 Å². The lowest BCUT2D eigenvalue weighted by Crippen LogP contribution is -2.33. The van der Waals surface area contributed by atoms with Gasteiger partial charge in [0.15, 0.2) is 11.5 Å². The summed E-state index contributed by atoms with van der Waals surface area (Å²) in [5.41, 5.74) is 0.172. The Kier molecular flexibility index (Phi) is 6.43. The van der Waals surface area contributed by atoms with E-state index in [0.29, 0.717) is 23.1 Å². The Morgan fingerprint density at radius 1 is 1.03 bits per heavy atom. The quantitative estimate of drug-likeness (QED) is 0.719. The number of nitrogens with one attached hydrogen (secondary N) is 1. The summed E-state index contributed by atoms with van der Waals surface area (Å²) >= 11 is 0. The molecule has 2 aromatic rings. The molecular weight excluding hydrogens is 397 g/mol. The number of methoxy groups -OCH3 is 2. The number of ether oxygens (including phenoxy) is 2. The molecule has 0 atom stereocenters. The van der Waals surface area contributed by atoms with Gasteiger partial charge in [-0.3, -0.25) is 4.79 Å². The van der Waals surface area contributed by atoms with Crippen LogP contribution in [0, 0.1) is 5.92 Å². The van der Waals surface area contributed by atoms with Crippen LogP contribution in [0.2, 0.25) is 0 Å². The molecule has 0 spiro atoms. The smallest absolute Gasteiger partial charge is 0.416 e. The summed E-state index contributed by atoms with van der Waals surface area (Å²) in [6.07, 6.45) is -2.61. The lowest BCUT2D eigenvalue weighted by atomic mass is 9.98. The molecule has 0 bridgehead atoms. The van der Waals surface area contributed by atoms with Crippen LogP contribution < -0.4 is 19.7 Å². The average Bonchev–Trinajstić information content (AvgIpc) is 2.73. The number of piperidine rings is 1. The van der Waals surface area contributed by atoms with E-state index >= 15 is 0 Å². The molecule has 0 radical (unpaired) electrons. The van der Waals surface area contributed by atoms with Crippen LogP contribution >= 0.6 is 0 Å². The molecule has 1 aliphatic heterocycles. The van der Waals surface area contributed by atoms with Crippen LogP contribution in [0.4, 0.5) is 24.5 Å². The van der Waals surface area contributed by atoms with Crippen molar-refractivity contribution in [2.45, 2.75) is 25.9 Å². The summed E-state index contributed by atoms with van der Waals surface area (Å²) in [7, 11) is 2.92. The molecule has 5 nitrogen and oxygen atoms in total. The molecule has 0 aromatic heterocycles. The molecule has 8 heteroatoms. The molecule has 1 N–H and O–H groups in total. The molecule has 30 heavy (non-hydrogen) atoms. The lowest BCUT2D eigenvalue weighted by Gasteiger charge is -2.33. The third-order valence-corrected chi connectivity index (χ3v) is 5.34. The summed E-state index contributed by atoms with van der Waals surface area (Å²) in [4.78, 5) is 14.8. The van der Waals surface area contributed by atoms with E-state index in [1.807, 2.05) is 4.90 Å². The highest BCUT2D eigenvalue weighted by Gasteiger charge is 2.32. The highest BCUT2D eigenvalue weighted by atomic mass is 19.4. The fourth-order valence-electron chi connectivity index (χ4n) is 3.51. The first-order valence-electron chi connectivity index (χ1n) is 9.72. The van der Waals surface area contributed by atoms with Gasteiger partial charge in [0.25, 0.3) is 5.91 Å². The van der Waals surface area contributed by atoms with E-state index in [9.17, 15) is 18.0 Å². The van der Waals surface area contributed by atoms with E-state index in [0.717, 1.165) is 38.1 Å². The van der Waals surface area contributed by atoms with E-state index in [1.54, 1.807) is 6.07 Å². The van der Waals surface area contributed by atoms with Crippen LogP contribution in [0.5, 0.6) is 11.5 Å². The Hall–Kier alpha value is -2.90. The second-order valence-electron chi connectivity index (χ2n) is 7.42. The monoisotopic (exact) mass is 422 g/mol. The van der Waals surface area contributed by atoms with Gasteiger partial charge in [0.05, 0.1) is 31.2 Å². The van der Waals surface area contributed by atoms with E-state index in [1.165, 1.54) is 32.4 Å².